The van der Waals surface area contributed by atoms with Gasteiger partial charge in [-0.1, -0.05) is 0 Å². The molecule has 0 bridgehead atoms. The molecule has 1 N–H and O–H groups in total. The van der Waals surface area contributed by atoms with Gasteiger partial charge in [0.1, 0.15) is 0 Å². The lowest BCUT2D eigenvalue weighted by Gasteiger charge is -2.26. The van der Waals surface area contributed by atoms with Gasteiger partial charge in [0.15, 0.2) is 0 Å². The molecule has 0 rings (SSSR count). The summed E-state index contributed by atoms with van der Waals surface area (Å²) in [5, 5.41) is 2.19. The zero-order valence-corrected chi connectivity index (χ0v) is 11.4. The van der Waals surface area contributed by atoms with E-state index < -0.39 is 19.3 Å². The van der Waals surface area contributed by atoms with Crippen LogP contribution in [0.5, 0.6) is 0 Å². The first kappa shape index (κ1) is 16.1. The molecule has 0 aliphatic carbocycles. The summed E-state index contributed by atoms with van der Waals surface area (Å²) in [6, 6.07) is 0. The third-order valence-electron chi connectivity index (χ3n) is 1.83. The maximum Gasteiger partial charge on any atom is 0.362 e. The van der Waals surface area contributed by atoms with Crippen LogP contribution >= 0.6 is 7.60 Å². The number of likely N-dealkylation sites (N-methyl/N-ethyl adjacent to an activating group) is 1. The smallest absolute Gasteiger partial charge is 0.346 e. The molecule has 0 aromatic heterocycles. The molecular weight excluding hydrogens is 247 g/mol. The summed E-state index contributed by atoms with van der Waals surface area (Å²) in [4.78, 5) is 23.5. The molecule has 0 aliphatic heterocycles. The maximum atomic E-state index is 12.3. The Labute approximate surface area is 101 Å². The molecule has 100 valence electrons. The van der Waals surface area contributed by atoms with Crippen molar-refractivity contribution in [2.45, 2.75) is 19.6 Å². The van der Waals surface area contributed by atoms with Crippen LogP contribution in [0.25, 0.3) is 0 Å². The predicted octanol–water partition coefficient (Wildman–Crippen LogP) is 0.413. The van der Waals surface area contributed by atoms with Gasteiger partial charge in [-0.25, -0.2) is 0 Å². The third-order valence-corrected chi connectivity index (χ3v) is 4.07. The fourth-order valence-electron chi connectivity index (χ4n) is 1.15. The van der Waals surface area contributed by atoms with Gasteiger partial charge in [0, 0.05) is 14.1 Å². The minimum atomic E-state index is -3.69. The van der Waals surface area contributed by atoms with Crippen LogP contribution in [-0.4, -0.2) is 50.3 Å². The van der Waals surface area contributed by atoms with Gasteiger partial charge in [0.05, 0.1) is 13.2 Å². The van der Waals surface area contributed by atoms with E-state index in [-0.39, 0.29) is 13.2 Å². The molecule has 8 heteroatoms. The van der Waals surface area contributed by atoms with E-state index in [0.29, 0.717) is 6.41 Å². The molecule has 0 spiro atoms. The number of amides is 2. The molecule has 0 aromatic carbocycles. The molecule has 0 unspecified atom stereocenters. The van der Waals surface area contributed by atoms with Crippen LogP contribution in [0.3, 0.4) is 0 Å². The van der Waals surface area contributed by atoms with Crippen molar-refractivity contribution in [2.75, 3.05) is 27.3 Å². The van der Waals surface area contributed by atoms with Crippen LogP contribution in [0, 0.1) is 0 Å². The molecule has 17 heavy (non-hydrogen) atoms. The molecular formula is C9H19N2O5P. The first-order chi connectivity index (χ1) is 7.92. The normalized spacial score (nSPS) is 12.9. The lowest BCUT2D eigenvalue weighted by molar-refractivity contribution is -0.130. The van der Waals surface area contributed by atoms with Crippen molar-refractivity contribution in [3.63, 3.8) is 0 Å². The number of carbonyl (C=O) groups excluding carboxylic acids is 2. The van der Waals surface area contributed by atoms with Gasteiger partial charge in [-0.15, -0.1) is 0 Å². The number of nitrogens with one attached hydrogen (secondary N) is 1. The van der Waals surface area contributed by atoms with Crippen molar-refractivity contribution >= 4 is 19.9 Å². The topological polar surface area (TPSA) is 84.9 Å². The Hall–Kier alpha value is -0.910. The van der Waals surface area contributed by atoms with Crippen molar-refractivity contribution in [1.29, 1.82) is 0 Å². The monoisotopic (exact) mass is 266 g/mol. The molecule has 0 fully saturated rings. The van der Waals surface area contributed by atoms with E-state index in [1.807, 2.05) is 0 Å². The van der Waals surface area contributed by atoms with Crippen LogP contribution in [0.2, 0.25) is 0 Å². The summed E-state index contributed by atoms with van der Waals surface area (Å²) in [7, 11) is -0.709. The zero-order valence-electron chi connectivity index (χ0n) is 10.5. The summed E-state index contributed by atoms with van der Waals surface area (Å²) in [6.45, 7) is 3.50. The summed E-state index contributed by atoms with van der Waals surface area (Å²) >= 11 is 0. The highest BCUT2D eigenvalue weighted by atomic mass is 31.2. The SMILES string of the molecule is CCOP(=O)(OCC)[C@H](NC=O)C(=O)N(C)C. The highest BCUT2D eigenvalue weighted by molar-refractivity contribution is 7.55. The Morgan fingerprint density at radius 2 is 1.82 bits per heavy atom. The van der Waals surface area contributed by atoms with E-state index >= 15 is 0 Å². The van der Waals surface area contributed by atoms with E-state index in [1.165, 1.54) is 19.0 Å². The van der Waals surface area contributed by atoms with Gasteiger partial charge >= 0.3 is 7.60 Å². The number of nitrogens with zero attached hydrogens (tertiary/aromatic N) is 1. The van der Waals surface area contributed by atoms with Gasteiger partial charge in [-0.3, -0.25) is 14.2 Å². The van der Waals surface area contributed by atoms with Crippen LogP contribution in [0.4, 0.5) is 0 Å². The van der Waals surface area contributed by atoms with Crippen LogP contribution in [0.15, 0.2) is 0 Å². The summed E-state index contributed by atoms with van der Waals surface area (Å²) in [5.41, 5.74) is 0. The van der Waals surface area contributed by atoms with Crippen molar-refractivity contribution in [1.82, 2.24) is 10.2 Å². The number of rotatable bonds is 8. The van der Waals surface area contributed by atoms with E-state index in [1.54, 1.807) is 13.8 Å². The molecule has 0 heterocycles. The lowest BCUT2D eigenvalue weighted by atomic mass is 10.5. The van der Waals surface area contributed by atoms with Crippen molar-refractivity contribution in [3.8, 4) is 0 Å². The van der Waals surface area contributed by atoms with Crippen LogP contribution < -0.4 is 5.32 Å². The van der Waals surface area contributed by atoms with Crippen LogP contribution in [0.1, 0.15) is 13.8 Å². The van der Waals surface area contributed by atoms with Crippen molar-refractivity contribution in [2.24, 2.45) is 0 Å². The summed E-state index contributed by atoms with van der Waals surface area (Å²) in [6.07, 6.45) is 0.302. The minimum absolute atomic E-state index is 0.120. The van der Waals surface area contributed by atoms with Gasteiger partial charge in [-0.2, -0.15) is 0 Å². The van der Waals surface area contributed by atoms with Crippen molar-refractivity contribution in [3.05, 3.63) is 0 Å². The first-order valence-corrected chi connectivity index (χ1v) is 6.83. The number of carbonyl (C=O) groups is 2. The Balaban J connectivity index is 5.15. The fourth-order valence-corrected chi connectivity index (χ4v) is 2.99. The van der Waals surface area contributed by atoms with Gasteiger partial charge in [0.2, 0.25) is 12.2 Å². The van der Waals surface area contributed by atoms with Gasteiger partial charge in [0.25, 0.3) is 5.91 Å². The van der Waals surface area contributed by atoms with E-state index in [4.69, 9.17) is 9.05 Å². The standard InChI is InChI=1S/C9H19N2O5P/c1-5-15-17(14,16-6-2)8(10-7-12)9(13)11(3)4/h7-8H,5-6H2,1-4H3,(H,10,12)/t8-/m0/s1. The fraction of sp³-hybridized carbons (Fsp3) is 0.778. The lowest BCUT2D eigenvalue weighted by Crippen LogP contribution is -2.43. The molecule has 0 radical (unpaired) electrons. The summed E-state index contributed by atoms with van der Waals surface area (Å²) < 4.78 is 22.4. The summed E-state index contributed by atoms with van der Waals surface area (Å²) in [5.74, 6) is -1.85. The second-order valence-corrected chi connectivity index (χ2v) is 5.41. The highest BCUT2D eigenvalue weighted by Gasteiger charge is 2.41. The Kier molecular flexibility index (Phi) is 7.03. The van der Waals surface area contributed by atoms with E-state index in [9.17, 15) is 14.2 Å². The van der Waals surface area contributed by atoms with Crippen molar-refractivity contribution < 1.29 is 23.2 Å². The average molecular weight is 266 g/mol. The van der Waals surface area contributed by atoms with Gasteiger partial charge in [-0.05, 0) is 13.8 Å². The second-order valence-electron chi connectivity index (χ2n) is 3.30. The Morgan fingerprint density at radius 3 is 2.12 bits per heavy atom. The Morgan fingerprint density at radius 1 is 1.35 bits per heavy atom. The first-order valence-electron chi connectivity index (χ1n) is 5.22. The average Bonchev–Trinajstić information content (AvgIpc) is 2.25. The number of hydrogen-bond donors (Lipinski definition) is 1. The molecule has 0 aromatic rings. The minimum Gasteiger partial charge on any atom is -0.346 e. The second kappa shape index (κ2) is 7.42. The Bertz CT molecular complexity index is 298. The molecule has 0 saturated carbocycles. The third kappa shape index (κ3) is 4.46. The zero-order chi connectivity index (χ0) is 13.5. The quantitative estimate of drug-likeness (QED) is 0.508. The largest absolute Gasteiger partial charge is 0.362 e. The molecule has 0 aliphatic rings. The molecule has 0 saturated heterocycles. The predicted molar refractivity (Wildman–Crippen MR) is 62.5 cm³/mol. The van der Waals surface area contributed by atoms with E-state index in [0.717, 1.165) is 0 Å². The highest BCUT2D eigenvalue weighted by Crippen LogP contribution is 2.52. The van der Waals surface area contributed by atoms with E-state index in [2.05, 4.69) is 5.32 Å². The molecule has 1 atom stereocenters. The molecule has 7 nitrogen and oxygen atoms in total. The maximum absolute atomic E-state index is 12.3. The molecule has 2 amide bonds. The number of hydrogen-bond acceptors (Lipinski definition) is 5. The van der Waals surface area contributed by atoms with Gasteiger partial charge < -0.3 is 19.3 Å². The van der Waals surface area contributed by atoms with Crippen LogP contribution in [-0.2, 0) is 23.2 Å².